The second kappa shape index (κ2) is 6.74. The van der Waals surface area contributed by atoms with Gasteiger partial charge in [0.15, 0.2) is 0 Å². The first-order valence-corrected chi connectivity index (χ1v) is 9.37. The first-order chi connectivity index (χ1) is 11.4. The van der Waals surface area contributed by atoms with Crippen molar-refractivity contribution in [3.63, 3.8) is 0 Å². The van der Waals surface area contributed by atoms with Crippen LogP contribution in [0.5, 0.6) is 0 Å². The number of nitrogens with zero attached hydrogens (tertiary/aromatic N) is 3. The van der Waals surface area contributed by atoms with E-state index in [0.717, 1.165) is 24.9 Å². The van der Waals surface area contributed by atoms with Crippen molar-refractivity contribution in [3.05, 3.63) is 48.3 Å². The molecule has 1 aliphatic heterocycles. The molecule has 1 fully saturated rings. The van der Waals surface area contributed by atoms with Crippen molar-refractivity contribution in [3.8, 4) is 0 Å². The molecule has 2 heterocycles. The third-order valence-corrected chi connectivity index (χ3v) is 5.19. The minimum atomic E-state index is -3.71. The maximum absolute atomic E-state index is 12.6. The fourth-order valence-corrected chi connectivity index (χ4v) is 3.57. The Hall–Kier alpha value is -2.19. The van der Waals surface area contributed by atoms with Gasteiger partial charge in [0, 0.05) is 18.9 Å². The average molecular weight is 348 g/mol. The van der Waals surface area contributed by atoms with E-state index in [4.69, 9.17) is 5.14 Å². The van der Waals surface area contributed by atoms with Crippen molar-refractivity contribution < 1.29 is 13.2 Å². The van der Waals surface area contributed by atoms with Gasteiger partial charge in [-0.1, -0.05) is 12.1 Å². The van der Waals surface area contributed by atoms with Gasteiger partial charge in [-0.3, -0.25) is 9.48 Å². The summed E-state index contributed by atoms with van der Waals surface area (Å²) in [5, 5.41) is 9.28. The molecule has 1 aliphatic rings. The molecule has 0 bridgehead atoms. The van der Waals surface area contributed by atoms with Crippen molar-refractivity contribution in [1.82, 2.24) is 14.7 Å². The van der Waals surface area contributed by atoms with Gasteiger partial charge in [0.1, 0.15) is 0 Å². The van der Waals surface area contributed by atoms with Crippen LogP contribution in [0.1, 0.15) is 18.4 Å². The number of sulfonamides is 1. The van der Waals surface area contributed by atoms with E-state index >= 15 is 0 Å². The smallest absolute Gasteiger partial charge is 0.238 e. The number of benzene rings is 1. The summed E-state index contributed by atoms with van der Waals surface area (Å²) in [6, 6.07) is 8.16. The zero-order valence-electron chi connectivity index (χ0n) is 13.2. The molecule has 0 spiro atoms. The number of likely N-dealkylation sites (tertiary alicyclic amines) is 1. The van der Waals surface area contributed by atoms with Crippen LogP contribution in [0.4, 0.5) is 0 Å². The molecule has 3 rings (SSSR count). The molecule has 128 valence electrons. The predicted molar refractivity (Wildman–Crippen MR) is 88.5 cm³/mol. The molecule has 2 N–H and O–H groups in total. The lowest BCUT2D eigenvalue weighted by Crippen LogP contribution is -2.39. The molecule has 7 nitrogen and oxygen atoms in total. The molecular weight excluding hydrogens is 328 g/mol. The highest BCUT2D eigenvalue weighted by Crippen LogP contribution is 2.20. The van der Waals surface area contributed by atoms with Crippen LogP contribution in [-0.4, -0.2) is 41.6 Å². The molecule has 8 heteroatoms. The van der Waals surface area contributed by atoms with Crippen LogP contribution >= 0.6 is 0 Å². The largest absolute Gasteiger partial charge is 0.338 e. The first kappa shape index (κ1) is 16.7. The molecule has 1 atom stereocenters. The maximum atomic E-state index is 12.6. The molecule has 0 aliphatic carbocycles. The summed E-state index contributed by atoms with van der Waals surface area (Å²) in [7, 11) is -3.71. The number of amides is 1. The first-order valence-electron chi connectivity index (χ1n) is 7.82. The van der Waals surface area contributed by atoms with Gasteiger partial charge in [0.2, 0.25) is 15.9 Å². The molecule has 1 saturated heterocycles. The lowest BCUT2D eigenvalue weighted by Gasteiger charge is -2.25. The Balaban J connectivity index is 1.65. The van der Waals surface area contributed by atoms with E-state index in [1.165, 1.54) is 12.1 Å². The van der Waals surface area contributed by atoms with Crippen molar-refractivity contribution in [2.45, 2.75) is 36.7 Å². The van der Waals surface area contributed by atoms with Crippen molar-refractivity contribution >= 4 is 15.9 Å². The van der Waals surface area contributed by atoms with Crippen LogP contribution in [0, 0.1) is 0 Å². The number of aromatic nitrogens is 2. The predicted octanol–water partition coefficient (Wildman–Crippen LogP) is 0.764. The number of nitrogens with two attached hydrogens (primary N) is 1. The normalized spacial score (nSPS) is 18.0. The molecule has 0 saturated carbocycles. The van der Waals surface area contributed by atoms with Gasteiger partial charge >= 0.3 is 0 Å². The standard InChI is InChI=1S/C16H20N4O3S/c17-24(22,23)15-6-4-13(5-7-15)11-16(21)20-10-1-3-14(20)12-19-9-2-8-18-19/h2,4-9,14H,1,3,10-12H2,(H2,17,22,23)/t14-/m1/s1. The lowest BCUT2D eigenvalue weighted by molar-refractivity contribution is -0.131. The zero-order chi connectivity index (χ0) is 17.2. The zero-order valence-corrected chi connectivity index (χ0v) is 14.0. The number of hydrogen-bond acceptors (Lipinski definition) is 4. The molecule has 1 aromatic carbocycles. The van der Waals surface area contributed by atoms with Crippen LogP contribution in [0.15, 0.2) is 47.6 Å². The van der Waals surface area contributed by atoms with Crippen molar-refractivity contribution in [1.29, 1.82) is 0 Å². The summed E-state index contributed by atoms with van der Waals surface area (Å²) in [6.45, 7) is 1.45. The van der Waals surface area contributed by atoms with Crippen LogP contribution in [0.25, 0.3) is 0 Å². The Bertz CT molecular complexity index is 800. The number of hydrogen-bond donors (Lipinski definition) is 1. The minimum Gasteiger partial charge on any atom is -0.338 e. The van der Waals surface area contributed by atoms with Crippen LogP contribution in [0.3, 0.4) is 0 Å². The SMILES string of the molecule is NS(=O)(=O)c1ccc(CC(=O)N2CCC[C@@H]2Cn2cccn2)cc1. The molecule has 2 aromatic rings. The summed E-state index contributed by atoms with van der Waals surface area (Å²) in [4.78, 5) is 14.5. The topological polar surface area (TPSA) is 98.3 Å². The Morgan fingerprint density at radius 3 is 2.67 bits per heavy atom. The van der Waals surface area contributed by atoms with E-state index in [9.17, 15) is 13.2 Å². The average Bonchev–Trinajstić information content (AvgIpc) is 3.19. The number of primary sulfonamides is 1. The van der Waals surface area contributed by atoms with Crippen LogP contribution in [-0.2, 0) is 27.8 Å². The molecule has 24 heavy (non-hydrogen) atoms. The third-order valence-electron chi connectivity index (χ3n) is 4.26. The minimum absolute atomic E-state index is 0.0491. The van der Waals surface area contributed by atoms with E-state index in [0.29, 0.717) is 6.54 Å². The number of carbonyl (C=O) groups excluding carboxylic acids is 1. The molecule has 1 amide bonds. The van der Waals surface area contributed by atoms with E-state index in [2.05, 4.69) is 5.10 Å². The third kappa shape index (κ3) is 3.82. The fraction of sp³-hybridized carbons (Fsp3) is 0.375. The number of rotatable bonds is 5. The van der Waals surface area contributed by atoms with Gasteiger partial charge in [-0.15, -0.1) is 0 Å². The Morgan fingerprint density at radius 1 is 1.29 bits per heavy atom. The van der Waals surface area contributed by atoms with E-state index in [1.54, 1.807) is 18.3 Å². The summed E-state index contributed by atoms with van der Waals surface area (Å²) in [5.74, 6) is 0.0491. The van der Waals surface area contributed by atoms with Crippen LogP contribution < -0.4 is 5.14 Å². The van der Waals surface area contributed by atoms with Gasteiger partial charge < -0.3 is 4.90 Å². The highest BCUT2D eigenvalue weighted by atomic mass is 32.2. The molecule has 0 radical (unpaired) electrons. The molecule has 1 aromatic heterocycles. The maximum Gasteiger partial charge on any atom is 0.238 e. The Morgan fingerprint density at radius 2 is 2.04 bits per heavy atom. The highest BCUT2D eigenvalue weighted by Gasteiger charge is 2.28. The quantitative estimate of drug-likeness (QED) is 0.862. The Kier molecular flexibility index (Phi) is 4.68. The second-order valence-corrected chi connectivity index (χ2v) is 7.54. The van der Waals surface area contributed by atoms with Gasteiger partial charge in [0.25, 0.3) is 0 Å². The van der Waals surface area contributed by atoms with Crippen molar-refractivity contribution in [2.75, 3.05) is 6.54 Å². The van der Waals surface area contributed by atoms with E-state index in [-0.39, 0.29) is 23.3 Å². The van der Waals surface area contributed by atoms with E-state index < -0.39 is 10.0 Å². The van der Waals surface area contributed by atoms with Gasteiger partial charge in [-0.2, -0.15) is 5.10 Å². The highest BCUT2D eigenvalue weighted by molar-refractivity contribution is 7.89. The van der Waals surface area contributed by atoms with E-state index in [1.807, 2.05) is 21.8 Å². The number of carbonyl (C=O) groups is 1. The van der Waals surface area contributed by atoms with Crippen LogP contribution in [0.2, 0.25) is 0 Å². The summed E-state index contributed by atoms with van der Waals surface area (Å²) >= 11 is 0. The van der Waals surface area contributed by atoms with Gasteiger partial charge in [0.05, 0.1) is 23.9 Å². The summed E-state index contributed by atoms with van der Waals surface area (Å²) in [6.07, 6.45) is 5.83. The monoisotopic (exact) mass is 348 g/mol. The Labute approximate surface area is 141 Å². The van der Waals surface area contributed by atoms with Gasteiger partial charge in [-0.05, 0) is 36.6 Å². The molecular formula is C16H20N4O3S. The molecule has 0 unspecified atom stereocenters. The van der Waals surface area contributed by atoms with Crippen molar-refractivity contribution in [2.24, 2.45) is 5.14 Å². The summed E-state index contributed by atoms with van der Waals surface area (Å²) in [5.41, 5.74) is 0.775. The summed E-state index contributed by atoms with van der Waals surface area (Å²) < 4.78 is 24.4. The lowest BCUT2D eigenvalue weighted by atomic mass is 10.1. The van der Waals surface area contributed by atoms with Gasteiger partial charge in [-0.25, -0.2) is 13.6 Å². The second-order valence-electron chi connectivity index (χ2n) is 5.98. The fourth-order valence-electron chi connectivity index (χ4n) is 3.05.